The summed E-state index contributed by atoms with van der Waals surface area (Å²) in [5, 5.41) is 11.9. The molecular formula is C12H23NO2. The molecule has 0 aromatic heterocycles. The van der Waals surface area contributed by atoms with Crippen molar-refractivity contribution in [3.8, 4) is 0 Å². The van der Waals surface area contributed by atoms with Crippen molar-refractivity contribution < 1.29 is 9.90 Å². The molecule has 0 spiro atoms. The van der Waals surface area contributed by atoms with Gasteiger partial charge in [-0.1, -0.05) is 32.6 Å². The molecule has 0 aliphatic heterocycles. The molecule has 3 nitrogen and oxygen atoms in total. The Balaban J connectivity index is 1.93. The quantitative estimate of drug-likeness (QED) is 0.638. The molecule has 2 N–H and O–H groups in total. The molecule has 1 fully saturated rings. The van der Waals surface area contributed by atoms with Crippen LogP contribution in [0.15, 0.2) is 0 Å². The SMILES string of the molecule is CC(CNCCC1CCCC1)CC(=O)O. The van der Waals surface area contributed by atoms with Crippen LogP contribution >= 0.6 is 0 Å². The summed E-state index contributed by atoms with van der Waals surface area (Å²) >= 11 is 0. The Bertz CT molecular complexity index is 188. The first kappa shape index (κ1) is 12.5. The van der Waals surface area contributed by atoms with Gasteiger partial charge >= 0.3 is 5.97 Å². The largest absolute Gasteiger partial charge is 0.481 e. The molecule has 1 saturated carbocycles. The number of carboxylic acids is 1. The van der Waals surface area contributed by atoms with Gasteiger partial charge in [-0.3, -0.25) is 4.79 Å². The van der Waals surface area contributed by atoms with Gasteiger partial charge in [-0.25, -0.2) is 0 Å². The lowest BCUT2D eigenvalue weighted by Crippen LogP contribution is -2.24. The average molecular weight is 213 g/mol. The zero-order valence-electron chi connectivity index (χ0n) is 9.67. The molecule has 1 aliphatic carbocycles. The van der Waals surface area contributed by atoms with E-state index in [4.69, 9.17) is 5.11 Å². The molecule has 0 aromatic rings. The number of hydrogen-bond donors (Lipinski definition) is 2. The summed E-state index contributed by atoms with van der Waals surface area (Å²) in [6.45, 7) is 3.87. The molecule has 3 heteroatoms. The van der Waals surface area contributed by atoms with E-state index in [1.165, 1.54) is 32.1 Å². The van der Waals surface area contributed by atoms with Gasteiger partial charge in [0.2, 0.25) is 0 Å². The maximum absolute atomic E-state index is 10.4. The van der Waals surface area contributed by atoms with Crippen molar-refractivity contribution in [2.24, 2.45) is 11.8 Å². The molecular weight excluding hydrogens is 190 g/mol. The highest BCUT2D eigenvalue weighted by atomic mass is 16.4. The van der Waals surface area contributed by atoms with E-state index in [0.29, 0.717) is 0 Å². The fraction of sp³-hybridized carbons (Fsp3) is 0.917. The van der Waals surface area contributed by atoms with E-state index < -0.39 is 5.97 Å². The van der Waals surface area contributed by atoms with Crippen molar-refractivity contribution in [1.29, 1.82) is 0 Å². The van der Waals surface area contributed by atoms with Crippen LogP contribution in [0.1, 0.15) is 45.4 Å². The maximum Gasteiger partial charge on any atom is 0.303 e. The van der Waals surface area contributed by atoms with Gasteiger partial charge in [0.05, 0.1) is 0 Å². The fourth-order valence-corrected chi connectivity index (χ4v) is 2.32. The highest BCUT2D eigenvalue weighted by Crippen LogP contribution is 2.26. The van der Waals surface area contributed by atoms with Crippen LogP contribution in [0.2, 0.25) is 0 Å². The third kappa shape index (κ3) is 5.78. The smallest absolute Gasteiger partial charge is 0.303 e. The van der Waals surface area contributed by atoms with Crippen LogP contribution in [-0.4, -0.2) is 24.2 Å². The summed E-state index contributed by atoms with van der Waals surface area (Å²) < 4.78 is 0. The van der Waals surface area contributed by atoms with Crippen LogP contribution in [-0.2, 0) is 4.79 Å². The third-order valence-electron chi connectivity index (χ3n) is 3.22. The van der Waals surface area contributed by atoms with Crippen molar-refractivity contribution >= 4 is 5.97 Å². The standard InChI is InChI=1S/C12H23NO2/c1-10(8-12(14)15)9-13-7-6-11-4-2-3-5-11/h10-11,13H,2-9H2,1H3,(H,14,15). The lowest BCUT2D eigenvalue weighted by molar-refractivity contribution is -0.137. The number of nitrogens with one attached hydrogen (secondary N) is 1. The Hall–Kier alpha value is -0.570. The topological polar surface area (TPSA) is 49.3 Å². The third-order valence-corrected chi connectivity index (χ3v) is 3.22. The van der Waals surface area contributed by atoms with Gasteiger partial charge in [-0.05, 0) is 31.3 Å². The Labute approximate surface area is 92.3 Å². The van der Waals surface area contributed by atoms with Gasteiger partial charge in [0, 0.05) is 6.42 Å². The summed E-state index contributed by atoms with van der Waals surface area (Å²) in [5.41, 5.74) is 0. The van der Waals surface area contributed by atoms with Crippen molar-refractivity contribution in [2.75, 3.05) is 13.1 Å². The summed E-state index contributed by atoms with van der Waals surface area (Å²) in [5.74, 6) is 0.471. The van der Waals surface area contributed by atoms with Gasteiger partial charge in [0.25, 0.3) is 0 Å². The van der Waals surface area contributed by atoms with Crippen molar-refractivity contribution in [3.05, 3.63) is 0 Å². The second-order valence-electron chi connectivity index (χ2n) is 4.85. The van der Waals surface area contributed by atoms with Crippen molar-refractivity contribution in [1.82, 2.24) is 5.32 Å². The van der Waals surface area contributed by atoms with Crippen LogP contribution in [0, 0.1) is 11.8 Å². The lowest BCUT2D eigenvalue weighted by Gasteiger charge is -2.12. The van der Waals surface area contributed by atoms with Gasteiger partial charge in [-0.15, -0.1) is 0 Å². The Kier molecular flexibility index (Phi) is 5.69. The predicted molar refractivity (Wildman–Crippen MR) is 60.9 cm³/mol. The number of carboxylic acid groups (broad SMARTS) is 1. The summed E-state index contributed by atoms with van der Waals surface area (Å²) in [6.07, 6.45) is 7.13. The van der Waals surface area contributed by atoms with E-state index in [1.54, 1.807) is 0 Å². The molecule has 1 rings (SSSR count). The van der Waals surface area contributed by atoms with Crippen molar-refractivity contribution in [3.63, 3.8) is 0 Å². The Morgan fingerprint density at radius 3 is 2.73 bits per heavy atom. The molecule has 0 heterocycles. The van der Waals surface area contributed by atoms with Gasteiger partial charge in [0.1, 0.15) is 0 Å². The monoisotopic (exact) mass is 213 g/mol. The van der Waals surface area contributed by atoms with Gasteiger partial charge in [-0.2, -0.15) is 0 Å². The zero-order valence-corrected chi connectivity index (χ0v) is 9.67. The first-order valence-electron chi connectivity index (χ1n) is 6.11. The number of carbonyl (C=O) groups is 1. The summed E-state index contributed by atoms with van der Waals surface area (Å²) in [4.78, 5) is 10.4. The minimum Gasteiger partial charge on any atom is -0.481 e. The summed E-state index contributed by atoms with van der Waals surface area (Å²) in [7, 11) is 0. The van der Waals surface area contributed by atoms with E-state index in [9.17, 15) is 4.79 Å². The molecule has 1 unspecified atom stereocenters. The number of aliphatic carboxylic acids is 1. The normalized spacial score (nSPS) is 19.3. The molecule has 1 atom stereocenters. The molecule has 0 amide bonds. The Morgan fingerprint density at radius 1 is 1.47 bits per heavy atom. The van der Waals surface area contributed by atoms with Gasteiger partial charge in [0.15, 0.2) is 0 Å². The van der Waals surface area contributed by atoms with Gasteiger partial charge < -0.3 is 10.4 Å². The van der Waals surface area contributed by atoms with E-state index in [0.717, 1.165) is 19.0 Å². The van der Waals surface area contributed by atoms with Crippen LogP contribution in [0.4, 0.5) is 0 Å². The van der Waals surface area contributed by atoms with E-state index in [1.807, 2.05) is 6.92 Å². The number of rotatable bonds is 7. The molecule has 0 radical (unpaired) electrons. The molecule has 15 heavy (non-hydrogen) atoms. The predicted octanol–water partition coefficient (Wildman–Crippen LogP) is 2.27. The van der Waals surface area contributed by atoms with E-state index in [2.05, 4.69) is 5.32 Å². The maximum atomic E-state index is 10.4. The molecule has 88 valence electrons. The van der Waals surface area contributed by atoms with Crippen LogP contribution in [0.5, 0.6) is 0 Å². The average Bonchev–Trinajstić information content (AvgIpc) is 2.63. The number of hydrogen-bond acceptors (Lipinski definition) is 2. The second-order valence-corrected chi connectivity index (χ2v) is 4.85. The molecule has 1 aliphatic rings. The molecule has 0 saturated heterocycles. The first-order chi connectivity index (χ1) is 7.18. The van der Waals surface area contributed by atoms with Crippen LogP contribution < -0.4 is 5.32 Å². The highest BCUT2D eigenvalue weighted by Gasteiger charge is 2.14. The second kappa shape index (κ2) is 6.83. The van der Waals surface area contributed by atoms with Crippen LogP contribution in [0.25, 0.3) is 0 Å². The zero-order chi connectivity index (χ0) is 11.1. The molecule has 0 aromatic carbocycles. The first-order valence-corrected chi connectivity index (χ1v) is 6.11. The summed E-state index contributed by atoms with van der Waals surface area (Å²) in [6, 6.07) is 0. The fourth-order valence-electron chi connectivity index (χ4n) is 2.32. The molecule has 0 bridgehead atoms. The Morgan fingerprint density at radius 2 is 2.13 bits per heavy atom. The highest BCUT2D eigenvalue weighted by molar-refractivity contribution is 5.66. The lowest BCUT2D eigenvalue weighted by atomic mass is 10.0. The van der Waals surface area contributed by atoms with E-state index >= 15 is 0 Å². The minimum absolute atomic E-state index is 0.242. The van der Waals surface area contributed by atoms with Crippen molar-refractivity contribution in [2.45, 2.75) is 45.4 Å². The van der Waals surface area contributed by atoms with E-state index in [-0.39, 0.29) is 12.3 Å². The van der Waals surface area contributed by atoms with Crippen LogP contribution in [0.3, 0.4) is 0 Å². The minimum atomic E-state index is -0.694.